The molecule has 24 heavy (non-hydrogen) atoms. The van der Waals surface area contributed by atoms with Gasteiger partial charge in [-0.1, -0.05) is 30.3 Å². The van der Waals surface area contributed by atoms with Crippen LogP contribution in [0.4, 0.5) is 0 Å². The number of nitrogens with one attached hydrogen (secondary N) is 2. The van der Waals surface area contributed by atoms with E-state index in [1.54, 1.807) is 0 Å². The second-order valence-electron chi connectivity index (χ2n) is 6.02. The summed E-state index contributed by atoms with van der Waals surface area (Å²) in [6.45, 7) is 2.37. The molecule has 1 atom stereocenters. The molecule has 0 saturated carbocycles. The molecule has 2 N–H and O–H groups in total. The molecule has 0 aromatic heterocycles. The molecule has 0 spiro atoms. The highest BCUT2D eigenvalue weighted by Gasteiger charge is 2.22. The Morgan fingerprint density at radius 2 is 1.92 bits per heavy atom. The Labute approximate surface area is 149 Å². The Bertz CT molecular complexity index is 504. The van der Waals surface area contributed by atoms with Crippen LogP contribution in [0, 0.1) is 5.92 Å². The van der Waals surface area contributed by atoms with Gasteiger partial charge in [-0.2, -0.15) is 0 Å². The van der Waals surface area contributed by atoms with E-state index in [1.165, 1.54) is 7.11 Å². The van der Waals surface area contributed by atoms with Crippen LogP contribution in [-0.4, -0.2) is 38.6 Å². The summed E-state index contributed by atoms with van der Waals surface area (Å²) in [4.78, 5) is 24.0. The topological polar surface area (TPSA) is 67.4 Å². The van der Waals surface area contributed by atoms with Gasteiger partial charge in [0.05, 0.1) is 13.0 Å². The molecule has 0 bridgehead atoms. The predicted octanol–water partition coefficient (Wildman–Crippen LogP) is 2.26. The fraction of sp³-hybridized carbons (Fsp3) is 0.556. The largest absolute Gasteiger partial charge is 0.468 e. The molecule has 1 aliphatic rings. The molecule has 1 aromatic carbocycles. The van der Waals surface area contributed by atoms with Crippen LogP contribution in [0.15, 0.2) is 30.3 Å². The third-order valence-corrected chi connectivity index (χ3v) is 4.43. The molecule has 1 fully saturated rings. The summed E-state index contributed by atoms with van der Waals surface area (Å²) in [5.74, 6) is -0.139. The zero-order valence-electron chi connectivity index (χ0n) is 14.1. The van der Waals surface area contributed by atoms with Crippen molar-refractivity contribution in [3.8, 4) is 0 Å². The minimum absolute atomic E-state index is 0. The number of esters is 1. The predicted molar refractivity (Wildman–Crippen MR) is 96.3 cm³/mol. The lowest BCUT2D eigenvalue weighted by molar-refractivity contribution is -0.142. The summed E-state index contributed by atoms with van der Waals surface area (Å²) in [5, 5.41) is 6.21. The summed E-state index contributed by atoms with van der Waals surface area (Å²) >= 11 is 0. The van der Waals surface area contributed by atoms with Crippen molar-refractivity contribution in [1.82, 2.24) is 10.6 Å². The molecular formula is C18H27ClN2O3. The Kier molecular flexibility index (Phi) is 9.42. The average molecular weight is 355 g/mol. The molecule has 5 nitrogen and oxygen atoms in total. The molecule has 1 amide bonds. The quantitative estimate of drug-likeness (QED) is 0.737. The first kappa shape index (κ1) is 20.5. The van der Waals surface area contributed by atoms with Crippen LogP contribution in [0.2, 0.25) is 0 Å². The van der Waals surface area contributed by atoms with Crippen LogP contribution in [0.25, 0.3) is 0 Å². The van der Waals surface area contributed by atoms with E-state index in [-0.39, 0.29) is 30.8 Å². The Hall–Kier alpha value is -1.59. The van der Waals surface area contributed by atoms with E-state index in [1.807, 2.05) is 30.3 Å². The van der Waals surface area contributed by atoms with Crippen molar-refractivity contribution in [3.63, 3.8) is 0 Å². The van der Waals surface area contributed by atoms with Gasteiger partial charge in [-0.25, -0.2) is 0 Å². The van der Waals surface area contributed by atoms with Gasteiger partial charge in [0.15, 0.2) is 0 Å². The van der Waals surface area contributed by atoms with E-state index in [2.05, 4.69) is 10.6 Å². The zero-order chi connectivity index (χ0) is 16.5. The second-order valence-corrected chi connectivity index (χ2v) is 6.02. The molecule has 134 valence electrons. The first-order chi connectivity index (χ1) is 11.2. The smallest absolute Gasteiger partial charge is 0.314 e. The molecule has 0 radical (unpaired) electrons. The van der Waals surface area contributed by atoms with Crippen molar-refractivity contribution in [1.29, 1.82) is 0 Å². The van der Waals surface area contributed by atoms with E-state index >= 15 is 0 Å². The van der Waals surface area contributed by atoms with Crippen molar-refractivity contribution in [3.05, 3.63) is 35.9 Å². The number of carbonyl (C=O) groups is 2. The number of piperidine rings is 1. The van der Waals surface area contributed by atoms with Crippen molar-refractivity contribution < 1.29 is 14.3 Å². The van der Waals surface area contributed by atoms with E-state index in [9.17, 15) is 9.59 Å². The number of hydrogen-bond acceptors (Lipinski definition) is 4. The number of rotatable bonds is 7. The lowest BCUT2D eigenvalue weighted by atomic mass is 9.93. The van der Waals surface area contributed by atoms with Crippen LogP contribution in [-0.2, 0) is 14.3 Å². The standard InChI is InChI=1S/C18H26N2O3.ClH/c1-23-18(22)16(15-5-3-2-4-6-15)13-20-17(21)8-7-14-9-11-19-12-10-14;/h2-6,14,16,19H,7-13H2,1H3,(H,20,21);1H. The minimum Gasteiger partial charge on any atom is -0.468 e. The van der Waals surface area contributed by atoms with Gasteiger partial charge in [0.1, 0.15) is 0 Å². The van der Waals surface area contributed by atoms with Gasteiger partial charge in [0.2, 0.25) is 5.91 Å². The highest BCUT2D eigenvalue weighted by atomic mass is 35.5. The lowest BCUT2D eigenvalue weighted by Crippen LogP contribution is -2.33. The van der Waals surface area contributed by atoms with Crippen molar-refractivity contribution in [2.45, 2.75) is 31.6 Å². The number of halogens is 1. The lowest BCUT2D eigenvalue weighted by Gasteiger charge is -2.22. The zero-order valence-corrected chi connectivity index (χ0v) is 14.9. The van der Waals surface area contributed by atoms with E-state index in [0.29, 0.717) is 12.3 Å². The summed E-state index contributed by atoms with van der Waals surface area (Å²) in [6.07, 6.45) is 3.72. The summed E-state index contributed by atoms with van der Waals surface area (Å²) < 4.78 is 4.86. The number of benzene rings is 1. The molecule has 1 heterocycles. The summed E-state index contributed by atoms with van der Waals surface area (Å²) in [7, 11) is 1.37. The maximum atomic E-state index is 12.1. The summed E-state index contributed by atoms with van der Waals surface area (Å²) in [6, 6.07) is 9.41. The Morgan fingerprint density at radius 3 is 2.54 bits per heavy atom. The third kappa shape index (κ3) is 6.49. The van der Waals surface area contributed by atoms with Gasteiger partial charge in [-0.05, 0) is 43.8 Å². The fourth-order valence-electron chi connectivity index (χ4n) is 2.97. The highest BCUT2D eigenvalue weighted by Crippen LogP contribution is 2.18. The number of hydrogen-bond donors (Lipinski definition) is 2. The van der Waals surface area contributed by atoms with Gasteiger partial charge in [0, 0.05) is 13.0 Å². The van der Waals surface area contributed by atoms with Crippen LogP contribution >= 0.6 is 12.4 Å². The molecular weight excluding hydrogens is 328 g/mol. The van der Waals surface area contributed by atoms with Gasteiger partial charge in [0.25, 0.3) is 0 Å². The van der Waals surface area contributed by atoms with Crippen molar-refractivity contribution in [2.24, 2.45) is 5.92 Å². The fourth-order valence-corrected chi connectivity index (χ4v) is 2.97. The minimum atomic E-state index is -0.455. The van der Waals surface area contributed by atoms with Crippen LogP contribution in [0.1, 0.15) is 37.2 Å². The van der Waals surface area contributed by atoms with Crippen LogP contribution in [0.3, 0.4) is 0 Å². The van der Waals surface area contributed by atoms with E-state index in [4.69, 9.17) is 4.74 Å². The molecule has 0 aliphatic carbocycles. The molecule has 1 aromatic rings. The molecule has 1 unspecified atom stereocenters. The monoisotopic (exact) mass is 354 g/mol. The first-order valence-electron chi connectivity index (χ1n) is 8.31. The molecule has 1 aliphatic heterocycles. The summed E-state index contributed by atoms with van der Waals surface area (Å²) in [5.41, 5.74) is 0.859. The maximum absolute atomic E-state index is 12.1. The van der Waals surface area contributed by atoms with Crippen LogP contribution in [0.5, 0.6) is 0 Å². The van der Waals surface area contributed by atoms with Gasteiger partial charge < -0.3 is 15.4 Å². The number of ether oxygens (including phenoxy) is 1. The van der Waals surface area contributed by atoms with Crippen LogP contribution < -0.4 is 10.6 Å². The third-order valence-electron chi connectivity index (χ3n) is 4.43. The number of amides is 1. The molecule has 2 rings (SSSR count). The number of methoxy groups -OCH3 is 1. The maximum Gasteiger partial charge on any atom is 0.314 e. The Balaban J connectivity index is 0.00000288. The van der Waals surface area contributed by atoms with Crippen molar-refractivity contribution >= 4 is 24.3 Å². The van der Waals surface area contributed by atoms with E-state index < -0.39 is 5.92 Å². The first-order valence-corrected chi connectivity index (χ1v) is 8.31. The molecule has 6 heteroatoms. The highest BCUT2D eigenvalue weighted by molar-refractivity contribution is 5.85. The number of carbonyl (C=O) groups excluding carboxylic acids is 2. The Morgan fingerprint density at radius 1 is 1.25 bits per heavy atom. The van der Waals surface area contributed by atoms with Gasteiger partial charge in [-0.15, -0.1) is 12.4 Å². The van der Waals surface area contributed by atoms with Crippen molar-refractivity contribution in [2.75, 3.05) is 26.7 Å². The second kappa shape index (κ2) is 11.0. The SMILES string of the molecule is COC(=O)C(CNC(=O)CCC1CCNCC1)c1ccccc1.Cl. The average Bonchev–Trinajstić information content (AvgIpc) is 2.61. The van der Waals surface area contributed by atoms with Gasteiger partial charge in [-0.3, -0.25) is 9.59 Å². The molecule has 1 saturated heterocycles. The van der Waals surface area contributed by atoms with Gasteiger partial charge >= 0.3 is 5.97 Å². The van der Waals surface area contributed by atoms with E-state index in [0.717, 1.165) is 37.9 Å². The normalized spacial score (nSPS) is 15.9.